The average molecular weight is 275 g/mol. The zero-order valence-electron chi connectivity index (χ0n) is 10.0. The van der Waals surface area contributed by atoms with Crippen LogP contribution in [0.5, 0.6) is 0 Å². The summed E-state index contributed by atoms with van der Waals surface area (Å²) in [6.07, 6.45) is 2.06. The molecule has 0 unspecified atom stereocenters. The van der Waals surface area contributed by atoms with E-state index in [0.29, 0.717) is 0 Å². The van der Waals surface area contributed by atoms with Gasteiger partial charge in [0.1, 0.15) is 21.5 Å². The number of halogens is 1. The second-order valence-electron chi connectivity index (χ2n) is 3.69. The van der Waals surface area contributed by atoms with Crippen LogP contribution in [-0.2, 0) is 9.84 Å². The van der Waals surface area contributed by atoms with Crippen molar-refractivity contribution in [3.8, 4) is 0 Å². The molecule has 0 fully saturated rings. The Morgan fingerprint density at radius 2 is 2.17 bits per heavy atom. The first-order chi connectivity index (χ1) is 8.33. The lowest BCUT2D eigenvalue weighted by molar-refractivity contribution is 0.0956. The molecule has 6 nitrogen and oxygen atoms in total. The van der Waals surface area contributed by atoms with Gasteiger partial charge in [0.15, 0.2) is 0 Å². The van der Waals surface area contributed by atoms with E-state index in [4.69, 9.17) is 0 Å². The van der Waals surface area contributed by atoms with Crippen LogP contribution >= 0.6 is 0 Å². The summed E-state index contributed by atoms with van der Waals surface area (Å²) in [4.78, 5) is 15.4. The predicted octanol–water partition coefficient (Wildman–Crippen LogP) is 0.0368. The maximum atomic E-state index is 13.0. The normalized spacial score (nSPS) is 11.1. The molecule has 0 radical (unpaired) electrons. The molecule has 0 aliphatic heterocycles. The summed E-state index contributed by atoms with van der Waals surface area (Å²) in [5.74, 6) is -1.15. The van der Waals surface area contributed by atoms with Crippen LogP contribution in [0.1, 0.15) is 10.4 Å². The van der Waals surface area contributed by atoms with E-state index in [9.17, 15) is 17.6 Å². The number of hydrogen-bond acceptors (Lipinski definition) is 5. The molecule has 0 aliphatic carbocycles. The number of rotatable bonds is 5. The summed E-state index contributed by atoms with van der Waals surface area (Å²) in [6.45, 7) is -0.0304. The van der Waals surface area contributed by atoms with Gasteiger partial charge in [0.2, 0.25) is 0 Å². The van der Waals surface area contributed by atoms with Crippen LogP contribution in [-0.4, -0.2) is 44.9 Å². The van der Waals surface area contributed by atoms with Crippen molar-refractivity contribution in [3.05, 3.63) is 23.6 Å². The monoisotopic (exact) mass is 275 g/mol. The minimum Gasteiger partial charge on any atom is -0.372 e. The van der Waals surface area contributed by atoms with E-state index < -0.39 is 21.6 Å². The maximum absolute atomic E-state index is 13.0. The van der Waals surface area contributed by atoms with Gasteiger partial charge in [-0.1, -0.05) is 0 Å². The Balaban J connectivity index is 2.75. The number of anilines is 1. The van der Waals surface area contributed by atoms with Gasteiger partial charge in [0, 0.05) is 19.8 Å². The lowest BCUT2D eigenvalue weighted by Gasteiger charge is -2.08. The summed E-state index contributed by atoms with van der Waals surface area (Å²) >= 11 is 0. The molecule has 1 amide bonds. The van der Waals surface area contributed by atoms with Crippen LogP contribution in [0.25, 0.3) is 0 Å². The van der Waals surface area contributed by atoms with Crippen molar-refractivity contribution in [2.75, 3.05) is 30.9 Å². The summed E-state index contributed by atoms with van der Waals surface area (Å²) in [5.41, 5.74) is 0.0333. The molecule has 2 N–H and O–H groups in total. The average Bonchev–Trinajstić information content (AvgIpc) is 2.27. The highest BCUT2D eigenvalue weighted by Crippen LogP contribution is 2.12. The third-order valence-electron chi connectivity index (χ3n) is 2.09. The lowest BCUT2D eigenvalue weighted by atomic mass is 10.2. The van der Waals surface area contributed by atoms with E-state index in [1.54, 1.807) is 7.05 Å². The number of aromatic nitrogens is 1. The standard InChI is InChI=1S/C10H14FN3O3S/c1-12-9-8(5-7(11)6-14-9)10(15)13-3-4-18(2,16)17/h5-6H,3-4H2,1-2H3,(H,12,14)(H,13,15). The topological polar surface area (TPSA) is 88.2 Å². The molecule has 0 aliphatic rings. The molecular weight excluding hydrogens is 261 g/mol. The predicted molar refractivity (Wildman–Crippen MR) is 65.8 cm³/mol. The van der Waals surface area contributed by atoms with Gasteiger partial charge < -0.3 is 10.6 Å². The molecule has 1 aromatic heterocycles. The maximum Gasteiger partial charge on any atom is 0.255 e. The van der Waals surface area contributed by atoms with Crippen LogP contribution in [0.15, 0.2) is 12.3 Å². The Morgan fingerprint density at radius 1 is 1.50 bits per heavy atom. The smallest absolute Gasteiger partial charge is 0.255 e. The van der Waals surface area contributed by atoms with E-state index in [-0.39, 0.29) is 23.7 Å². The number of sulfone groups is 1. The summed E-state index contributed by atoms with van der Waals surface area (Å²) in [5, 5.41) is 5.05. The van der Waals surface area contributed by atoms with Crippen molar-refractivity contribution >= 4 is 21.6 Å². The highest BCUT2D eigenvalue weighted by molar-refractivity contribution is 7.90. The van der Waals surface area contributed by atoms with E-state index in [0.717, 1.165) is 18.5 Å². The molecule has 8 heteroatoms. The van der Waals surface area contributed by atoms with Crippen LogP contribution in [0.4, 0.5) is 10.2 Å². The fraction of sp³-hybridized carbons (Fsp3) is 0.400. The van der Waals surface area contributed by atoms with Crippen molar-refractivity contribution < 1.29 is 17.6 Å². The number of nitrogens with one attached hydrogen (secondary N) is 2. The molecule has 0 spiro atoms. The number of hydrogen-bond donors (Lipinski definition) is 2. The first kappa shape index (κ1) is 14.4. The zero-order valence-corrected chi connectivity index (χ0v) is 10.8. The molecule has 18 heavy (non-hydrogen) atoms. The Kier molecular flexibility index (Phi) is 4.60. The van der Waals surface area contributed by atoms with Crippen molar-refractivity contribution in [1.29, 1.82) is 0 Å². The molecule has 1 heterocycles. The number of nitrogens with zero attached hydrogens (tertiary/aromatic N) is 1. The fourth-order valence-electron chi connectivity index (χ4n) is 1.26. The molecular formula is C10H14FN3O3S. The van der Waals surface area contributed by atoms with Crippen LogP contribution < -0.4 is 10.6 Å². The summed E-state index contributed by atoms with van der Waals surface area (Å²) < 4.78 is 34.8. The van der Waals surface area contributed by atoms with Crippen LogP contribution in [0, 0.1) is 5.82 Å². The number of pyridine rings is 1. The molecule has 100 valence electrons. The zero-order chi connectivity index (χ0) is 13.8. The second-order valence-corrected chi connectivity index (χ2v) is 5.95. The molecule has 1 aromatic rings. The molecule has 0 bridgehead atoms. The largest absolute Gasteiger partial charge is 0.372 e. The summed E-state index contributed by atoms with van der Waals surface area (Å²) in [6, 6.07) is 1.04. The third kappa shape index (κ3) is 4.28. The quantitative estimate of drug-likeness (QED) is 0.792. The highest BCUT2D eigenvalue weighted by atomic mass is 32.2. The minimum absolute atomic E-state index is 0.0304. The number of carbonyl (C=O) groups excluding carboxylic acids is 1. The van der Waals surface area contributed by atoms with Gasteiger partial charge >= 0.3 is 0 Å². The molecule has 0 saturated carbocycles. The second kappa shape index (κ2) is 5.76. The van der Waals surface area contributed by atoms with Gasteiger partial charge in [-0.3, -0.25) is 4.79 Å². The Bertz CT molecular complexity index is 545. The first-order valence-corrected chi connectivity index (χ1v) is 7.19. The summed E-state index contributed by atoms with van der Waals surface area (Å²) in [7, 11) is -1.60. The van der Waals surface area contributed by atoms with Crippen molar-refractivity contribution in [2.24, 2.45) is 0 Å². The Morgan fingerprint density at radius 3 is 2.72 bits per heavy atom. The fourth-order valence-corrected chi connectivity index (χ4v) is 1.73. The highest BCUT2D eigenvalue weighted by Gasteiger charge is 2.13. The Hall–Kier alpha value is -1.70. The van der Waals surface area contributed by atoms with Crippen molar-refractivity contribution in [3.63, 3.8) is 0 Å². The van der Waals surface area contributed by atoms with Gasteiger partial charge in [-0.05, 0) is 6.07 Å². The molecule has 0 aromatic carbocycles. The molecule has 1 rings (SSSR count). The van der Waals surface area contributed by atoms with Gasteiger partial charge in [-0.25, -0.2) is 17.8 Å². The van der Waals surface area contributed by atoms with E-state index in [1.165, 1.54) is 0 Å². The van der Waals surface area contributed by atoms with E-state index in [1.807, 2.05) is 0 Å². The molecule has 0 saturated heterocycles. The number of amides is 1. The van der Waals surface area contributed by atoms with Gasteiger partial charge in [0.05, 0.1) is 17.5 Å². The van der Waals surface area contributed by atoms with Crippen molar-refractivity contribution in [1.82, 2.24) is 10.3 Å². The van der Waals surface area contributed by atoms with Gasteiger partial charge in [0.25, 0.3) is 5.91 Å². The third-order valence-corrected chi connectivity index (χ3v) is 3.04. The van der Waals surface area contributed by atoms with Crippen molar-refractivity contribution in [2.45, 2.75) is 0 Å². The number of carbonyl (C=O) groups is 1. The minimum atomic E-state index is -3.15. The first-order valence-electron chi connectivity index (χ1n) is 5.12. The van der Waals surface area contributed by atoms with Gasteiger partial charge in [-0.2, -0.15) is 0 Å². The van der Waals surface area contributed by atoms with Crippen LogP contribution in [0.2, 0.25) is 0 Å². The van der Waals surface area contributed by atoms with Crippen LogP contribution in [0.3, 0.4) is 0 Å². The molecule has 0 atom stereocenters. The lowest BCUT2D eigenvalue weighted by Crippen LogP contribution is -2.29. The Labute approximate surface area is 105 Å². The van der Waals surface area contributed by atoms with E-state index >= 15 is 0 Å². The van der Waals surface area contributed by atoms with E-state index in [2.05, 4.69) is 15.6 Å². The SMILES string of the molecule is CNc1ncc(F)cc1C(=O)NCCS(C)(=O)=O. The van der Waals surface area contributed by atoms with Gasteiger partial charge in [-0.15, -0.1) is 0 Å².